The molecule has 0 spiro atoms. The van der Waals surface area contributed by atoms with E-state index in [2.05, 4.69) is 5.32 Å². The summed E-state index contributed by atoms with van der Waals surface area (Å²) in [5.74, 6) is -0.758. The first-order valence-electron chi connectivity index (χ1n) is 6.46. The number of carbonyl (C=O) groups excluding carboxylic acids is 1. The Kier molecular flexibility index (Phi) is 3.83. The molecule has 0 aliphatic carbocycles. The molecule has 1 aliphatic rings. The number of nitrogens with one attached hydrogen (secondary N) is 1. The molecular formula is C14H16F3NO. The van der Waals surface area contributed by atoms with E-state index in [1.807, 2.05) is 6.92 Å². The number of hydrogen-bond acceptors (Lipinski definition) is 1. The summed E-state index contributed by atoms with van der Waals surface area (Å²) in [5, 5.41) is 2.39. The average molecular weight is 271 g/mol. The fourth-order valence-corrected chi connectivity index (χ4v) is 2.47. The van der Waals surface area contributed by atoms with Crippen LogP contribution in [0.4, 0.5) is 18.9 Å². The zero-order valence-electron chi connectivity index (χ0n) is 10.7. The zero-order chi connectivity index (χ0) is 14.0. The van der Waals surface area contributed by atoms with Crippen LogP contribution < -0.4 is 5.32 Å². The Bertz CT molecular complexity index is 482. The first-order chi connectivity index (χ1) is 8.95. The maximum absolute atomic E-state index is 12.9. The Hall–Kier alpha value is -1.52. The summed E-state index contributed by atoms with van der Waals surface area (Å²) in [4.78, 5) is 11.8. The predicted octanol–water partition coefficient (Wildman–Crippen LogP) is 4.32. The lowest BCUT2D eigenvalue weighted by atomic mass is 9.93. The monoisotopic (exact) mass is 271 g/mol. The molecule has 1 N–H and O–H groups in total. The van der Waals surface area contributed by atoms with Gasteiger partial charge in [0.25, 0.3) is 0 Å². The van der Waals surface area contributed by atoms with Crippen LogP contribution in [0.2, 0.25) is 0 Å². The molecule has 1 aromatic rings. The van der Waals surface area contributed by atoms with Crippen molar-refractivity contribution >= 4 is 11.6 Å². The van der Waals surface area contributed by atoms with Crippen molar-refractivity contribution in [3.05, 3.63) is 29.3 Å². The number of benzene rings is 1. The van der Waals surface area contributed by atoms with E-state index < -0.39 is 17.7 Å². The van der Waals surface area contributed by atoms with Crippen LogP contribution >= 0.6 is 0 Å². The number of anilines is 1. The van der Waals surface area contributed by atoms with Crippen LogP contribution in [-0.4, -0.2) is 5.91 Å². The second-order valence-corrected chi connectivity index (χ2v) is 4.81. The summed E-state index contributed by atoms with van der Waals surface area (Å²) in [6.07, 6.45) is -0.975. The smallest absolute Gasteiger partial charge is 0.325 e. The Morgan fingerprint density at radius 1 is 1.26 bits per heavy atom. The van der Waals surface area contributed by atoms with E-state index in [-0.39, 0.29) is 11.6 Å². The molecule has 1 atom stereocenters. The van der Waals surface area contributed by atoms with Gasteiger partial charge in [-0.3, -0.25) is 4.79 Å². The molecule has 1 amide bonds. The molecule has 0 radical (unpaired) electrons. The highest BCUT2D eigenvalue weighted by Crippen LogP contribution is 2.43. The lowest BCUT2D eigenvalue weighted by molar-refractivity contribution is -0.136. The average Bonchev–Trinajstić information content (AvgIpc) is 2.64. The molecule has 5 heteroatoms. The lowest BCUT2D eigenvalue weighted by Gasteiger charge is -2.12. The molecule has 2 nitrogen and oxygen atoms in total. The Labute approximate surface area is 110 Å². The van der Waals surface area contributed by atoms with Crippen molar-refractivity contribution < 1.29 is 18.0 Å². The minimum Gasteiger partial charge on any atom is -0.325 e. The van der Waals surface area contributed by atoms with E-state index in [0.717, 1.165) is 25.3 Å². The van der Waals surface area contributed by atoms with E-state index in [9.17, 15) is 18.0 Å². The van der Waals surface area contributed by atoms with Gasteiger partial charge >= 0.3 is 6.18 Å². The predicted molar refractivity (Wildman–Crippen MR) is 67.0 cm³/mol. The molecule has 0 aromatic heterocycles. The summed E-state index contributed by atoms with van der Waals surface area (Å²) >= 11 is 0. The van der Waals surface area contributed by atoms with E-state index >= 15 is 0 Å². The molecule has 0 bridgehead atoms. The molecule has 104 valence electrons. The van der Waals surface area contributed by atoms with Crippen molar-refractivity contribution in [3.63, 3.8) is 0 Å². The molecular weight excluding hydrogens is 255 g/mol. The largest absolute Gasteiger partial charge is 0.418 e. The standard InChI is InChI=1S/C14H16F3NO/c1-2-3-4-6-10-9-7-5-8-11(14(15,16)17)12(9)18-13(10)19/h5,7-8,10H,2-4,6H2,1H3,(H,18,19). The molecule has 1 aromatic carbocycles. The highest BCUT2D eigenvalue weighted by atomic mass is 19.4. The Balaban J connectivity index is 2.29. The first kappa shape index (κ1) is 13.9. The molecule has 19 heavy (non-hydrogen) atoms. The third-order valence-corrected chi connectivity index (χ3v) is 3.44. The van der Waals surface area contributed by atoms with E-state index in [4.69, 9.17) is 0 Å². The number of carbonyl (C=O) groups is 1. The number of amides is 1. The molecule has 1 unspecified atom stereocenters. The van der Waals surface area contributed by atoms with Gasteiger partial charge in [-0.05, 0) is 18.1 Å². The Morgan fingerprint density at radius 3 is 2.63 bits per heavy atom. The van der Waals surface area contributed by atoms with E-state index in [0.29, 0.717) is 12.0 Å². The minimum atomic E-state index is -4.43. The van der Waals surface area contributed by atoms with Gasteiger partial charge in [0.05, 0.1) is 17.2 Å². The number of alkyl halides is 3. The number of rotatable bonds is 4. The normalized spacial score (nSPS) is 18.3. The topological polar surface area (TPSA) is 29.1 Å². The molecule has 2 rings (SSSR count). The van der Waals surface area contributed by atoms with E-state index in [1.54, 1.807) is 6.07 Å². The summed E-state index contributed by atoms with van der Waals surface area (Å²) in [5.41, 5.74) is -0.325. The van der Waals surface area contributed by atoms with Gasteiger partial charge in [-0.15, -0.1) is 0 Å². The van der Waals surface area contributed by atoms with Gasteiger partial charge in [0, 0.05) is 0 Å². The minimum absolute atomic E-state index is 0.0542. The number of fused-ring (bicyclic) bond motifs is 1. The molecule has 1 heterocycles. The highest BCUT2D eigenvalue weighted by molar-refractivity contribution is 6.03. The summed E-state index contributed by atoms with van der Waals surface area (Å²) in [6, 6.07) is 3.99. The quantitative estimate of drug-likeness (QED) is 0.812. The SMILES string of the molecule is CCCCCC1C(=O)Nc2c1cccc2C(F)(F)F. The van der Waals surface area contributed by atoms with Gasteiger partial charge in [0.1, 0.15) is 0 Å². The fraction of sp³-hybridized carbons (Fsp3) is 0.500. The molecule has 0 saturated carbocycles. The second kappa shape index (κ2) is 5.23. The lowest BCUT2D eigenvalue weighted by Crippen LogP contribution is -2.13. The maximum atomic E-state index is 12.9. The van der Waals surface area contributed by atoms with Crippen LogP contribution in [0.15, 0.2) is 18.2 Å². The van der Waals surface area contributed by atoms with Crippen LogP contribution in [0.25, 0.3) is 0 Å². The summed E-state index contributed by atoms with van der Waals surface area (Å²) in [7, 11) is 0. The first-order valence-corrected chi connectivity index (χ1v) is 6.46. The number of halogens is 3. The zero-order valence-corrected chi connectivity index (χ0v) is 10.7. The number of hydrogen-bond donors (Lipinski definition) is 1. The third-order valence-electron chi connectivity index (χ3n) is 3.44. The second-order valence-electron chi connectivity index (χ2n) is 4.81. The van der Waals surface area contributed by atoms with Crippen LogP contribution in [0.5, 0.6) is 0 Å². The van der Waals surface area contributed by atoms with Crippen molar-refractivity contribution in [1.29, 1.82) is 0 Å². The van der Waals surface area contributed by atoms with Gasteiger partial charge in [-0.25, -0.2) is 0 Å². The number of unbranched alkanes of at least 4 members (excludes halogenated alkanes) is 2. The van der Waals surface area contributed by atoms with Crippen molar-refractivity contribution in [2.45, 2.75) is 44.7 Å². The van der Waals surface area contributed by atoms with Gasteiger partial charge in [0.15, 0.2) is 0 Å². The number of para-hydroxylation sites is 1. The van der Waals surface area contributed by atoms with E-state index in [1.165, 1.54) is 6.07 Å². The van der Waals surface area contributed by atoms with Crippen molar-refractivity contribution in [1.82, 2.24) is 0 Å². The van der Waals surface area contributed by atoms with Crippen LogP contribution in [-0.2, 0) is 11.0 Å². The van der Waals surface area contributed by atoms with Crippen LogP contribution in [0, 0.1) is 0 Å². The van der Waals surface area contributed by atoms with Gasteiger partial charge in [-0.1, -0.05) is 38.3 Å². The van der Waals surface area contributed by atoms with Gasteiger partial charge in [0.2, 0.25) is 5.91 Å². The van der Waals surface area contributed by atoms with Crippen molar-refractivity contribution in [2.24, 2.45) is 0 Å². The van der Waals surface area contributed by atoms with Crippen LogP contribution in [0.3, 0.4) is 0 Å². The highest BCUT2D eigenvalue weighted by Gasteiger charge is 2.40. The van der Waals surface area contributed by atoms with Crippen molar-refractivity contribution in [3.8, 4) is 0 Å². The fourth-order valence-electron chi connectivity index (χ4n) is 2.47. The summed E-state index contributed by atoms with van der Waals surface area (Å²) in [6.45, 7) is 2.05. The van der Waals surface area contributed by atoms with Gasteiger partial charge < -0.3 is 5.32 Å². The Morgan fingerprint density at radius 2 is 2.00 bits per heavy atom. The molecule has 0 fully saturated rings. The van der Waals surface area contributed by atoms with Gasteiger partial charge in [-0.2, -0.15) is 13.2 Å². The third kappa shape index (κ3) is 2.74. The molecule has 1 aliphatic heterocycles. The molecule has 0 saturated heterocycles. The van der Waals surface area contributed by atoms with Crippen molar-refractivity contribution in [2.75, 3.05) is 5.32 Å². The van der Waals surface area contributed by atoms with Crippen LogP contribution in [0.1, 0.15) is 49.7 Å². The maximum Gasteiger partial charge on any atom is 0.418 e. The summed E-state index contributed by atoms with van der Waals surface area (Å²) < 4.78 is 38.6.